The van der Waals surface area contributed by atoms with Crippen LogP contribution in [-0.2, 0) is 23.9 Å². The Balaban J connectivity index is 1.33. The molecule has 2 heterocycles. The fourth-order valence-corrected chi connectivity index (χ4v) is 5.23. The second kappa shape index (κ2) is 11.5. The number of nitrogen functional groups attached to an aromatic ring is 1. The highest BCUT2D eigenvalue weighted by Gasteiger charge is 2.41. The number of ether oxygens (including phenoxy) is 2. The van der Waals surface area contributed by atoms with Gasteiger partial charge in [-0.1, -0.05) is 24.4 Å². The summed E-state index contributed by atoms with van der Waals surface area (Å²) in [6.07, 6.45) is 4.89. The summed E-state index contributed by atoms with van der Waals surface area (Å²) in [5, 5.41) is 5.77. The SMILES string of the molecule is C[C@H](NC(=O)c1ccc(N)c(Cl)c1)C(=O)N1CCC[C@H]1C(=O)N[C@H]1CC(=O)O[C@H]1OCC1CCCC1. The van der Waals surface area contributed by atoms with E-state index in [1.54, 1.807) is 6.92 Å². The molecule has 2 aliphatic heterocycles. The van der Waals surface area contributed by atoms with E-state index in [9.17, 15) is 19.2 Å². The fourth-order valence-electron chi connectivity index (χ4n) is 5.05. The lowest BCUT2D eigenvalue weighted by Gasteiger charge is -2.28. The topological polar surface area (TPSA) is 140 Å². The summed E-state index contributed by atoms with van der Waals surface area (Å²) in [5.74, 6) is -1.17. The molecule has 2 saturated heterocycles. The number of amides is 3. The Hall–Kier alpha value is -2.85. The van der Waals surface area contributed by atoms with Crippen molar-refractivity contribution in [3.8, 4) is 0 Å². The minimum absolute atomic E-state index is 0.0261. The number of nitrogens with zero attached hydrogens (tertiary/aromatic N) is 1. The molecule has 0 bridgehead atoms. The zero-order valence-corrected chi connectivity index (χ0v) is 21.1. The van der Waals surface area contributed by atoms with Gasteiger partial charge in [0.1, 0.15) is 18.1 Å². The molecule has 196 valence electrons. The summed E-state index contributed by atoms with van der Waals surface area (Å²) in [6, 6.07) is 2.32. The summed E-state index contributed by atoms with van der Waals surface area (Å²) >= 11 is 5.99. The highest BCUT2D eigenvalue weighted by atomic mass is 35.5. The van der Waals surface area contributed by atoms with Crippen molar-refractivity contribution in [2.45, 2.75) is 76.3 Å². The van der Waals surface area contributed by atoms with Crippen LogP contribution in [0.4, 0.5) is 5.69 Å². The smallest absolute Gasteiger partial charge is 0.310 e. The molecule has 11 heteroatoms. The summed E-state index contributed by atoms with van der Waals surface area (Å²) < 4.78 is 11.1. The Morgan fingerprint density at radius 1 is 1.22 bits per heavy atom. The summed E-state index contributed by atoms with van der Waals surface area (Å²) in [7, 11) is 0. The van der Waals surface area contributed by atoms with Crippen LogP contribution in [0.5, 0.6) is 0 Å². The van der Waals surface area contributed by atoms with Gasteiger partial charge in [0, 0.05) is 12.1 Å². The molecule has 1 aromatic carbocycles. The van der Waals surface area contributed by atoms with E-state index in [-0.39, 0.29) is 28.8 Å². The van der Waals surface area contributed by atoms with E-state index in [0.717, 1.165) is 12.8 Å². The Morgan fingerprint density at radius 2 is 1.97 bits per heavy atom. The lowest BCUT2D eigenvalue weighted by atomic mass is 10.1. The van der Waals surface area contributed by atoms with E-state index >= 15 is 0 Å². The first kappa shape index (κ1) is 26.2. The van der Waals surface area contributed by atoms with Crippen molar-refractivity contribution in [3.05, 3.63) is 28.8 Å². The number of anilines is 1. The number of carbonyl (C=O) groups is 4. The van der Waals surface area contributed by atoms with Crippen LogP contribution >= 0.6 is 11.6 Å². The zero-order valence-electron chi connectivity index (χ0n) is 20.3. The molecule has 3 fully saturated rings. The molecular formula is C25H33ClN4O6. The van der Waals surface area contributed by atoms with Gasteiger partial charge in [-0.25, -0.2) is 0 Å². The number of nitrogens with one attached hydrogen (secondary N) is 2. The maximum Gasteiger partial charge on any atom is 0.310 e. The van der Waals surface area contributed by atoms with Gasteiger partial charge in [-0.05, 0) is 56.7 Å². The predicted octanol–water partition coefficient (Wildman–Crippen LogP) is 2.00. The highest BCUT2D eigenvalue weighted by molar-refractivity contribution is 6.33. The Labute approximate surface area is 215 Å². The maximum absolute atomic E-state index is 13.1. The molecule has 1 saturated carbocycles. The van der Waals surface area contributed by atoms with Gasteiger partial charge in [0.05, 0.1) is 23.7 Å². The van der Waals surface area contributed by atoms with Gasteiger partial charge in [0.2, 0.25) is 18.1 Å². The van der Waals surface area contributed by atoms with Crippen molar-refractivity contribution >= 4 is 41.0 Å². The molecule has 36 heavy (non-hydrogen) atoms. The minimum atomic E-state index is -0.860. The van der Waals surface area contributed by atoms with E-state index in [1.165, 1.54) is 35.9 Å². The van der Waals surface area contributed by atoms with Crippen LogP contribution in [0, 0.1) is 5.92 Å². The predicted molar refractivity (Wildman–Crippen MR) is 132 cm³/mol. The first-order valence-corrected chi connectivity index (χ1v) is 12.9. The molecule has 4 atom stereocenters. The number of nitrogens with two attached hydrogens (primary N) is 1. The van der Waals surface area contributed by atoms with E-state index < -0.39 is 36.3 Å². The zero-order chi connectivity index (χ0) is 25.8. The summed E-state index contributed by atoms with van der Waals surface area (Å²) in [5.41, 5.74) is 6.32. The van der Waals surface area contributed by atoms with Crippen molar-refractivity contribution in [2.75, 3.05) is 18.9 Å². The molecule has 4 rings (SSSR count). The molecule has 10 nitrogen and oxygen atoms in total. The van der Waals surface area contributed by atoms with Crippen LogP contribution < -0.4 is 16.4 Å². The van der Waals surface area contributed by atoms with Crippen LogP contribution in [0.1, 0.15) is 62.2 Å². The van der Waals surface area contributed by atoms with Crippen molar-refractivity contribution in [2.24, 2.45) is 5.92 Å². The normalized spacial score (nSPS) is 25.0. The molecule has 0 spiro atoms. The average molecular weight is 521 g/mol. The third kappa shape index (κ3) is 6.10. The number of rotatable bonds is 8. The number of likely N-dealkylation sites (tertiary alicyclic amines) is 1. The van der Waals surface area contributed by atoms with Crippen molar-refractivity contribution in [1.29, 1.82) is 0 Å². The molecule has 3 aliphatic rings. The van der Waals surface area contributed by atoms with Gasteiger partial charge in [0.15, 0.2) is 0 Å². The minimum Gasteiger partial charge on any atom is -0.433 e. The van der Waals surface area contributed by atoms with E-state index in [4.69, 9.17) is 26.8 Å². The number of hydrogen-bond donors (Lipinski definition) is 3. The van der Waals surface area contributed by atoms with Crippen LogP contribution in [0.2, 0.25) is 5.02 Å². The summed E-state index contributed by atoms with van der Waals surface area (Å²) in [6.45, 7) is 2.46. The van der Waals surface area contributed by atoms with E-state index in [0.29, 0.717) is 37.6 Å². The molecule has 4 N–H and O–H groups in total. The maximum atomic E-state index is 13.1. The van der Waals surface area contributed by atoms with Crippen molar-refractivity contribution in [1.82, 2.24) is 15.5 Å². The van der Waals surface area contributed by atoms with Gasteiger partial charge in [0.25, 0.3) is 5.91 Å². The number of carbonyl (C=O) groups excluding carboxylic acids is 4. The number of esters is 1. The standard InChI is InChI=1S/C25H33ClN4O6/c1-14(28-22(32)16-8-9-18(27)17(26)11-16)24(34)30-10-4-7-20(30)23(33)29-19-12-21(31)36-25(19)35-13-15-5-2-3-6-15/h8-9,11,14-15,19-20,25H,2-7,10,12-13,27H2,1H3,(H,28,32)(H,29,33)/t14-,19-,20-,25+/m0/s1. The molecule has 0 radical (unpaired) electrons. The van der Waals surface area contributed by atoms with E-state index in [2.05, 4.69) is 10.6 Å². The third-order valence-corrected chi connectivity index (χ3v) is 7.41. The Kier molecular flexibility index (Phi) is 8.35. The van der Waals surface area contributed by atoms with Crippen molar-refractivity contribution < 1.29 is 28.7 Å². The molecular weight excluding hydrogens is 488 g/mol. The molecule has 0 aromatic heterocycles. The van der Waals surface area contributed by atoms with Gasteiger partial charge in [-0.2, -0.15) is 0 Å². The monoisotopic (exact) mass is 520 g/mol. The van der Waals surface area contributed by atoms with Crippen molar-refractivity contribution in [3.63, 3.8) is 0 Å². The van der Waals surface area contributed by atoms with Gasteiger partial charge in [-0.15, -0.1) is 0 Å². The van der Waals surface area contributed by atoms with Gasteiger partial charge >= 0.3 is 5.97 Å². The Morgan fingerprint density at radius 3 is 2.69 bits per heavy atom. The molecule has 1 aliphatic carbocycles. The fraction of sp³-hybridized carbons (Fsp3) is 0.600. The number of halogens is 1. The lowest BCUT2D eigenvalue weighted by Crippen LogP contribution is -2.54. The second-order valence-corrected chi connectivity index (χ2v) is 10.2. The number of hydrogen-bond acceptors (Lipinski definition) is 7. The first-order valence-electron chi connectivity index (χ1n) is 12.5. The van der Waals surface area contributed by atoms with Crippen LogP contribution in [0.15, 0.2) is 18.2 Å². The lowest BCUT2D eigenvalue weighted by molar-refractivity contribution is -0.168. The second-order valence-electron chi connectivity index (χ2n) is 9.78. The number of benzene rings is 1. The van der Waals surface area contributed by atoms with Crippen LogP contribution in [0.3, 0.4) is 0 Å². The molecule has 0 unspecified atom stereocenters. The third-order valence-electron chi connectivity index (χ3n) is 7.08. The first-order chi connectivity index (χ1) is 17.2. The molecule has 1 aromatic rings. The largest absolute Gasteiger partial charge is 0.433 e. The van der Waals surface area contributed by atoms with Crippen LogP contribution in [-0.4, -0.2) is 66.2 Å². The number of cyclic esters (lactones) is 1. The average Bonchev–Trinajstić information content (AvgIpc) is 3.60. The van der Waals surface area contributed by atoms with Gasteiger partial charge in [-0.3, -0.25) is 19.2 Å². The Bertz CT molecular complexity index is 1010. The van der Waals surface area contributed by atoms with Gasteiger partial charge < -0.3 is 30.7 Å². The quantitative estimate of drug-likeness (QED) is 0.351. The molecule has 3 amide bonds. The van der Waals surface area contributed by atoms with E-state index in [1.807, 2.05) is 0 Å². The van der Waals surface area contributed by atoms with Crippen LogP contribution in [0.25, 0.3) is 0 Å². The highest BCUT2D eigenvalue weighted by Crippen LogP contribution is 2.27. The summed E-state index contributed by atoms with van der Waals surface area (Å²) in [4.78, 5) is 52.2.